The second-order valence-corrected chi connectivity index (χ2v) is 7.48. The van der Waals surface area contributed by atoms with Crippen molar-refractivity contribution in [3.63, 3.8) is 0 Å². The molecule has 1 spiro atoms. The molecule has 0 unspecified atom stereocenters. The summed E-state index contributed by atoms with van der Waals surface area (Å²) >= 11 is 0. The van der Waals surface area contributed by atoms with Gasteiger partial charge in [-0.2, -0.15) is 10.2 Å². The molecular weight excluding hydrogens is 359 g/mol. The number of anilines is 1. The van der Waals surface area contributed by atoms with E-state index in [1.807, 2.05) is 0 Å². The molecule has 3 heterocycles. The zero-order chi connectivity index (χ0) is 19.6. The van der Waals surface area contributed by atoms with Gasteiger partial charge in [0.15, 0.2) is 0 Å². The lowest BCUT2D eigenvalue weighted by Gasteiger charge is -2.46. The summed E-state index contributed by atoms with van der Waals surface area (Å²) in [5.74, 6) is 0.954. The van der Waals surface area contributed by atoms with Gasteiger partial charge in [-0.3, -0.25) is 0 Å². The molecule has 2 aromatic rings. The van der Waals surface area contributed by atoms with Crippen LogP contribution in [-0.4, -0.2) is 55.3 Å². The van der Waals surface area contributed by atoms with Gasteiger partial charge in [-0.1, -0.05) is 6.07 Å². The minimum atomic E-state index is -0.382. The van der Waals surface area contributed by atoms with Crippen LogP contribution in [0.25, 0.3) is 0 Å². The second kappa shape index (κ2) is 7.74. The first kappa shape index (κ1) is 18.7. The van der Waals surface area contributed by atoms with Gasteiger partial charge in [-0.15, -0.1) is 0 Å². The van der Waals surface area contributed by atoms with Crippen LogP contribution in [0, 0.1) is 17.1 Å². The van der Waals surface area contributed by atoms with Gasteiger partial charge < -0.3 is 19.3 Å². The summed E-state index contributed by atoms with van der Waals surface area (Å²) in [5, 5.41) is 9.39. The molecule has 0 saturated carbocycles. The molecule has 2 saturated heterocycles. The Kier molecular flexibility index (Phi) is 5.16. The Bertz CT molecular complexity index is 890. The van der Waals surface area contributed by atoms with Crippen molar-refractivity contribution in [2.45, 2.75) is 18.4 Å². The van der Waals surface area contributed by atoms with Crippen LogP contribution in [0.15, 0.2) is 36.4 Å². The zero-order valence-electron chi connectivity index (χ0n) is 15.9. The molecule has 0 bridgehead atoms. The molecular formula is C21H23FN4O2. The Labute approximate surface area is 164 Å². The van der Waals surface area contributed by atoms with E-state index in [0.29, 0.717) is 17.1 Å². The Morgan fingerprint density at radius 3 is 2.75 bits per heavy atom. The van der Waals surface area contributed by atoms with Gasteiger partial charge in [0.1, 0.15) is 17.4 Å². The zero-order valence-corrected chi connectivity index (χ0v) is 15.9. The molecule has 6 nitrogen and oxygen atoms in total. The molecule has 28 heavy (non-hydrogen) atoms. The molecule has 1 aromatic heterocycles. The van der Waals surface area contributed by atoms with Crippen molar-refractivity contribution in [1.82, 2.24) is 9.88 Å². The number of hydrogen-bond acceptors (Lipinski definition) is 6. The summed E-state index contributed by atoms with van der Waals surface area (Å²) < 4.78 is 25.2. The SMILES string of the molecule is CN1CCOC2(CCN(c3cc(C#N)cc(Oc4cccc(F)c4)n3)CC2)C1. The second-order valence-electron chi connectivity index (χ2n) is 7.48. The average Bonchev–Trinajstić information content (AvgIpc) is 2.68. The number of aromatic nitrogens is 1. The van der Waals surface area contributed by atoms with Crippen LogP contribution in [0.1, 0.15) is 18.4 Å². The number of morpholine rings is 1. The van der Waals surface area contributed by atoms with E-state index in [2.05, 4.69) is 27.9 Å². The number of nitriles is 1. The largest absolute Gasteiger partial charge is 0.439 e. The third kappa shape index (κ3) is 4.08. The molecule has 2 fully saturated rings. The van der Waals surface area contributed by atoms with E-state index < -0.39 is 0 Å². The summed E-state index contributed by atoms with van der Waals surface area (Å²) in [5.41, 5.74) is 0.377. The van der Waals surface area contributed by atoms with E-state index in [0.717, 1.165) is 45.6 Å². The molecule has 0 radical (unpaired) electrons. The predicted molar refractivity (Wildman–Crippen MR) is 103 cm³/mol. The lowest BCUT2D eigenvalue weighted by atomic mass is 9.89. The standard InChI is InChI=1S/C21H23FN4O2/c1-25-9-10-27-21(15-25)5-7-26(8-6-21)19-11-16(14-23)12-20(24-19)28-18-4-2-3-17(22)13-18/h2-4,11-13H,5-10,15H2,1H3. The molecule has 0 aliphatic carbocycles. The maximum atomic E-state index is 13.4. The van der Waals surface area contributed by atoms with Crippen molar-refractivity contribution in [1.29, 1.82) is 5.26 Å². The number of benzene rings is 1. The predicted octanol–water partition coefficient (Wildman–Crippen LogP) is 3.19. The fourth-order valence-corrected chi connectivity index (χ4v) is 3.90. The van der Waals surface area contributed by atoms with Crippen molar-refractivity contribution >= 4 is 5.82 Å². The third-order valence-corrected chi connectivity index (χ3v) is 5.37. The maximum absolute atomic E-state index is 13.4. The highest BCUT2D eigenvalue weighted by atomic mass is 19.1. The number of likely N-dealkylation sites (N-methyl/N-ethyl adjacent to an activating group) is 1. The number of hydrogen-bond donors (Lipinski definition) is 0. The van der Waals surface area contributed by atoms with Gasteiger partial charge in [-0.25, -0.2) is 4.39 Å². The highest BCUT2D eigenvalue weighted by molar-refractivity contribution is 5.49. The number of rotatable bonds is 3. The van der Waals surface area contributed by atoms with Gasteiger partial charge in [0.25, 0.3) is 0 Å². The Morgan fingerprint density at radius 1 is 1.21 bits per heavy atom. The molecule has 0 N–H and O–H groups in total. The monoisotopic (exact) mass is 382 g/mol. The van der Waals surface area contributed by atoms with E-state index >= 15 is 0 Å². The summed E-state index contributed by atoms with van der Waals surface area (Å²) in [7, 11) is 2.13. The minimum Gasteiger partial charge on any atom is -0.439 e. The first-order valence-corrected chi connectivity index (χ1v) is 9.48. The Morgan fingerprint density at radius 2 is 2.04 bits per heavy atom. The van der Waals surface area contributed by atoms with E-state index in [1.165, 1.54) is 12.1 Å². The van der Waals surface area contributed by atoms with E-state index in [9.17, 15) is 9.65 Å². The van der Waals surface area contributed by atoms with Crippen LogP contribution in [0.5, 0.6) is 11.6 Å². The summed E-state index contributed by atoms with van der Waals surface area (Å²) in [6, 6.07) is 11.4. The molecule has 2 aliphatic rings. The van der Waals surface area contributed by atoms with Crippen molar-refractivity contribution in [2.75, 3.05) is 44.7 Å². The van der Waals surface area contributed by atoms with Gasteiger partial charge >= 0.3 is 0 Å². The smallest absolute Gasteiger partial charge is 0.222 e. The summed E-state index contributed by atoms with van der Waals surface area (Å²) in [6.45, 7) is 4.28. The van der Waals surface area contributed by atoms with Crippen LogP contribution >= 0.6 is 0 Å². The quantitative estimate of drug-likeness (QED) is 0.813. The highest BCUT2D eigenvalue weighted by Gasteiger charge is 2.39. The first-order valence-electron chi connectivity index (χ1n) is 9.48. The van der Waals surface area contributed by atoms with Crippen molar-refractivity contribution < 1.29 is 13.9 Å². The van der Waals surface area contributed by atoms with E-state index in [1.54, 1.807) is 24.3 Å². The van der Waals surface area contributed by atoms with Crippen LogP contribution in [-0.2, 0) is 4.74 Å². The van der Waals surface area contributed by atoms with Crippen LogP contribution in [0.2, 0.25) is 0 Å². The van der Waals surface area contributed by atoms with Gasteiger partial charge in [0.05, 0.1) is 23.8 Å². The fourth-order valence-electron chi connectivity index (χ4n) is 3.90. The minimum absolute atomic E-state index is 0.0861. The molecule has 1 aromatic carbocycles. The first-order chi connectivity index (χ1) is 13.5. The van der Waals surface area contributed by atoms with Crippen LogP contribution in [0.4, 0.5) is 10.2 Å². The lowest BCUT2D eigenvalue weighted by Crippen LogP contribution is -2.56. The van der Waals surface area contributed by atoms with E-state index in [4.69, 9.17) is 9.47 Å². The number of ether oxygens (including phenoxy) is 2. The molecule has 2 aliphatic heterocycles. The van der Waals surface area contributed by atoms with Gasteiger partial charge in [0.2, 0.25) is 5.88 Å². The van der Waals surface area contributed by atoms with Crippen molar-refractivity contribution in [2.24, 2.45) is 0 Å². The van der Waals surface area contributed by atoms with Crippen molar-refractivity contribution in [3.05, 3.63) is 47.8 Å². The highest BCUT2D eigenvalue weighted by Crippen LogP contribution is 2.32. The third-order valence-electron chi connectivity index (χ3n) is 5.37. The Balaban J connectivity index is 1.51. The molecule has 0 atom stereocenters. The van der Waals surface area contributed by atoms with Gasteiger partial charge in [-0.05, 0) is 38.1 Å². The number of pyridine rings is 1. The maximum Gasteiger partial charge on any atom is 0.222 e. The summed E-state index contributed by atoms with van der Waals surface area (Å²) in [4.78, 5) is 9.03. The van der Waals surface area contributed by atoms with E-state index in [-0.39, 0.29) is 17.3 Å². The number of nitrogens with zero attached hydrogens (tertiary/aromatic N) is 4. The number of halogens is 1. The molecule has 4 rings (SSSR count). The van der Waals surface area contributed by atoms with Crippen LogP contribution < -0.4 is 9.64 Å². The summed E-state index contributed by atoms with van der Waals surface area (Å²) in [6.07, 6.45) is 1.83. The molecule has 146 valence electrons. The van der Waals surface area contributed by atoms with Gasteiger partial charge in [0, 0.05) is 38.3 Å². The average molecular weight is 382 g/mol. The Hall–Kier alpha value is -2.69. The number of piperidine rings is 1. The lowest BCUT2D eigenvalue weighted by molar-refractivity contribution is -0.115. The normalized spacial score (nSPS) is 19.4. The van der Waals surface area contributed by atoms with Crippen LogP contribution in [0.3, 0.4) is 0 Å². The topological polar surface area (TPSA) is 61.6 Å². The molecule has 0 amide bonds. The molecule has 7 heteroatoms. The van der Waals surface area contributed by atoms with Crippen molar-refractivity contribution in [3.8, 4) is 17.7 Å². The fraction of sp³-hybridized carbons (Fsp3) is 0.429.